The van der Waals surface area contributed by atoms with Crippen LogP contribution in [0.1, 0.15) is 15.9 Å². The minimum atomic E-state index is -1.00. The van der Waals surface area contributed by atoms with Crippen LogP contribution >= 0.6 is 0 Å². The van der Waals surface area contributed by atoms with Gasteiger partial charge in [-0.15, -0.1) is 0 Å². The largest absolute Gasteiger partial charge is 0.478 e. The molecule has 0 amide bonds. The lowest BCUT2D eigenvalue weighted by Gasteiger charge is -2.05. The van der Waals surface area contributed by atoms with E-state index < -0.39 is 11.8 Å². The van der Waals surface area contributed by atoms with Crippen molar-refractivity contribution in [2.24, 2.45) is 0 Å². The van der Waals surface area contributed by atoms with Gasteiger partial charge < -0.3 is 5.11 Å². The highest BCUT2D eigenvalue weighted by atomic mass is 19.1. The van der Waals surface area contributed by atoms with Crippen molar-refractivity contribution in [1.82, 2.24) is 4.98 Å². The molecule has 3 nitrogen and oxygen atoms in total. The number of rotatable bonds is 2. The molecule has 2 rings (SSSR count). The molecule has 0 spiro atoms. The highest BCUT2D eigenvalue weighted by molar-refractivity contribution is 5.89. The maximum absolute atomic E-state index is 13.0. The minimum absolute atomic E-state index is 0.185. The zero-order valence-electron chi connectivity index (χ0n) is 9.14. The van der Waals surface area contributed by atoms with Crippen LogP contribution in [0.5, 0.6) is 0 Å². The van der Waals surface area contributed by atoms with Crippen LogP contribution in [0.25, 0.3) is 11.1 Å². The zero-order chi connectivity index (χ0) is 12.4. The van der Waals surface area contributed by atoms with Crippen LogP contribution in [0.2, 0.25) is 0 Å². The van der Waals surface area contributed by atoms with Gasteiger partial charge in [-0.25, -0.2) is 9.18 Å². The molecule has 1 N–H and O–H groups in total. The van der Waals surface area contributed by atoms with Gasteiger partial charge in [-0.05, 0) is 36.2 Å². The van der Waals surface area contributed by atoms with Gasteiger partial charge in [-0.3, -0.25) is 4.98 Å². The van der Waals surface area contributed by atoms with Crippen molar-refractivity contribution >= 4 is 5.97 Å². The SMILES string of the molecule is Cc1cc(C(=O)O)cc(-c2cncc(F)c2)c1. The average Bonchev–Trinajstić information content (AvgIpc) is 2.28. The number of hydrogen-bond donors (Lipinski definition) is 1. The Bertz CT molecular complexity index is 581. The molecule has 0 unspecified atom stereocenters. The molecule has 0 aliphatic carbocycles. The van der Waals surface area contributed by atoms with E-state index in [9.17, 15) is 9.18 Å². The summed E-state index contributed by atoms with van der Waals surface area (Å²) in [5, 5.41) is 8.95. The third-order valence-corrected chi connectivity index (χ3v) is 2.36. The van der Waals surface area contributed by atoms with Crippen LogP contribution in [-0.2, 0) is 0 Å². The highest BCUT2D eigenvalue weighted by Crippen LogP contribution is 2.22. The minimum Gasteiger partial charge on any atom is -0.478 e. The van der Waals surface area contributed by atoms with Crippen molar-refractivity contribution in [1.29, 1.82) is 0 Å². The van der Waals surface area contributed by atoms with Gasteiger partial charge in [0.2, 0.25) is 0 Å². The predicted molar refractivity (Wildman–Crippen MR) is 61.3 cm³/mol. The number of halogens is 1. The second kappa shape index (κ2) is 4.33. The summed E-state index contributed by atoms with van der Waals surface area (Å²) in [5.74, 6) is -1.44. The number of hydrogen-bond acceptors (Lipinski definition) is 2. The fourth-order valence-corrected chi connectivity index (χ4v) is 1.64. The molecule has 1 aromatic carbocycles. The molecule has 17 heavy (non-hydrogen) atoms. The standard InChI is InChI=1S/C13H10FNO2/c1-8-2-9(4-10(3-8)13(16)17)11-5-12(14)7-15-6-11/h2-7H,1H3,(H,16,17). The van der Waals surface area contributed by atoms with Crippen molar-refractivity contribution < 1.29 is 14.3 Å². The van der Waals surface area contributed by atoms with Crippen LogP contribution in [0.3, 0.4) is 0 Å². The van der Waals surface area contributed by atoms with Gasteiger partial charge in [0.1, 0.15) is 5.82 Å². The van der Waals surface area contributed by atoms with E-state index in [4.69, 9.17) is 5.11 Å². The zero-order valence-corrected chi connectivity index (χ0v) is 9.14. The number of carbonyl (C=O) groups is 1. The molecule has 0 aliphatic rings. The van der Waals surface area contributed by atoms with Crippen LogP contribution in [0.15, 0.2) is 36.7 Å². The van der Waals surface area contributed by atoms with Gasteiger partial charge in [-0.1, -0.05) is 6.07 Å². The van der Waals surface area contributed by atoms with Crippen molar-refractivity contribution in [2.45, 2.75) is 6.92 Å². The number of aromatic carboxylic acids is 1. The predicted octanol–water partition coefficient (Wildman–Crippen LogP) is 2.89. The highest BCUT2D eigenvalue weighted by Gasteiger charge is 2.07. The van der Waals surface area contributed by atoms with Gasteiger partial charge in [0.05, 0.1) is 11.8 Å². The normalized spacial score (nSPS) is 10.2. The second-order valence-electron chi connectivity index (χ2n) is 3.78. The molecule has 0 saturated carbocycles. The van der Waals surface area contributed by atoms with E-state index in [1.54, 1.807) is 19.1 Å². The maximum Gasteiger partial charge on any atom is 0.335 e. The van der Waals surface area contributed by atoms with Crippen molar-refractivity contribution in [3.05, 3.63) is 53.6 Å². The average molecular weight is 231 g/mol. The number of pyridine rings is 1. The summed E-state index contributed by atoms with van der Waals surface area (Å²) < 4.78 is 13.0. The Balaban J connectivity index is 2.56. The molecule has 4 heteroatoms. The van der Waals surface area contributed by atoms with Crippen LogP contribution < -0.4 is 0 Å². The fraction of sp³-hybridized carbons (Fsp3) is 0.0769. The lowest BCUT2D eigenvalue weighted by molar-refractivity contribution is 0.0697. The number of aryl methyl sites for hydroxylation is 1. The molecule has 0 atom stereocenters. The smallest absolute Gasteiger partial charge is 0.335 e. The second-order valence-corrected chi connectivity index (χ2v) is 3.78. The van der Waals surface area contributed by atoms with Crippen molar-refractivity contribution in [3.8, 4) is 11.1 Å². The Morgan fingerprint density at radius 3 is 2.59 bits per heavy atom. The fourth-order valence-electron chi connectivity index (χ4n) is 1.64. The van der Waals surface area contributed by atoms with Crippen LogP contribution in [0, 0.1) is 12.7 Å². The molecule has 0 bridgehead atoms. The summed E-state index contributed by atoms with van der Waals surface area (Å²) in [6.07, 6.45) is 2.61. The van der Waals surface area contributed by atoms with E-state index in [1.165, 1.54) is 18.3 Å². The summed E-state index contributed by atoms with van der Waals surface area (Å²) in [7, 11) is 0. The molecule has 1 aromatic heterocycles. The van der Waals surface area contributed by atoms with Gasteiger partial charge in [0.15, 0.2) is 0 Å². The first-order valence-corrected chi connectivity index (χ1v) is 5.02. The number of aromatic nitrogens is 1. The van der Waals surface area contributed by atoms with E-state index in [1.807, 2.05) is 0 Å². The Kier molecular flexibility index (Phi) is 2.87. The molecular formula is C13H10FNO2. The molecule has 2 aromatic rings. The Labute approximate surface area is 97.6 Å². The van der Waals surface area contributed by atoms with E-state index in [2.05, 4.69) is 4.98 Å². The topological polar surface area (TPSA) is 50.2 Å². The Morgan fingerprint density at radius 2 is 1.94 bits per heavy atom. The third kappa shape index (κ3) is 2.47. The summed E-state index contributed by atoms with van der Waals surface area (Å²) in [6, 6.07) is 6.20. The van der Waals surface area contributed by atoms with Crippen LogP contribution in [0.4, 0.5) is 4.39 Å². The first-order chi connectivity index (χ1) is 8.06. The van der Waals surface area contributed by atoms with E-state index >= 15 is 0 Å². The number of carboxylic acid groups (broad SMARTS) is 1. The summed E-state index contributed by atoms with van der Waals surface area (Å²) >= 11 is 0. The lowest BCUT2D eigenvalue weighted by atomic mass is 10.0. The van der Waals surface area contributed by atoms with E-state index in [0.29, 0.717) is 11.1 Å². The maximum atomic E-state index is 13.0. The van der Waals surface area contributed by atoms with E-state index in [0.717, 1.165) is 11.8 Å². The Hall–Kier alpha value is -2.23. The molecule has 86 valence electrons. The molecule has 0 aliphatic heterocycles. The Morgan fingerprint density at radius 1 is 1.18 bits per heavy atom. The summed E-state index contributed by atoms with van der Waals surface area (Å²) in [4.78, 5) is 14.7. The summed E-state index contributed by atoms with van der Waals surface area (Å²) in [5.41, 5.74) is 2.21. The van der Waals surface area contributed by atoms with Gasteiger partial charge in [0.25, 0.3) is 0 Å². The first kappa shape index (κ1) is 11.3. The molecule has 1 heterocycles. The van der Waals surface area contributed by atoms with Gasteiger partial charge >= 0.3 is 5.97 Å². The van der Waals surface area contributed by atoms with E-state index in [-0.39, 0.29) is 5.56 Å². The number of benzene rings is 1. The van der Waals surface area contributed by atoms with Crippen LogP contribution in [-0.4, -0.2) is 16.1 Å². The monoisotopic (exact) mass is 231 g/mol. The number of nitrogens with zero attached hydrogens (tertiary/aromatic N) is 1. The van der Waals surface area contributed by atoms with Gasteiger partial charge in [-0.2, -0.15) is 0 Å². The van der Waals surface area contributed by atoms with Gasteiger partial charge in [0, 0.05) is 11.8 Å². The number of carboxylic acids is 1. The molecule has 0 saturated heterocycles. The lowest BCUT2D eigenvalue weighted by Crippen LogP contribution is -1.97. The third-order valence-electron chi connectivity index (χ3n) is 2.36. The molecule has 0 radical (unpaired) electrons. The molecule has 0 fully saturated rings. The summed E-state index contributed by atoms with van der Waals surface area (Å²) in [6.45, 7) is 1.79. The quantitative estimate of drug-likeness (QED) is 0.864. The first-order valence-electron chi connectivity index (χ1n) is 5.02. The molecular weight excluding hydrogens is 221 g/mol. The van der Waals surface area contributed by atoms with Crippen molar-refractivity contribution in [2.75, 3.05) is 0 Å². The van der Waals surface area contributed by atoms with Crippen molar-refractivity contribution in [3.63, 3.8) is 0 Å².